The molecule has 1 aliphatic heterocycles. The van der Waals surface area contributed by atoms with Crippen LogP contribution in [0.3, 0.4) is 0 Å². The lowest BCUT2D eigenvalue weighted by Crippen LogP contribution is -2.39. The molecule has 1 heterocycles. The number of hydrogen-bond donors (Lipinski definition) is 1. The fraction of sp³-hybridized carbons (Fsp3) is 0.533. The predicted octanol–water partition coefficient (Wildman–Crippen LogP) is 2.38. The molecule has 0 aromatic heterocycles. The number of hydrogen-bond acceptors (Lipinski definition) is 2. The number of likely N-dealkylation sites (tertiary alicyclic amines) is 1. The molecule has 21 heavy (non-hydrogen) atoms. The highest BCUT2D eigenvalue weighted by Gasteiger charge is 2.20. The lowest BCUT2D eigenvalue weighted by molar-refractivity contribution is -0.132. The lowest BCUT2D eigenvalue weighted by Gasteiger charge is -2.27. The Balaban J connectivity index is 1.93. The summed E-state index contributed by atoms with van der Waals surface area (Å²) in [5.41, 5.74) is 5.83. The van der Waals surface area contributed by atoms with Crippen molar-refractivity contribution >= 4 is 5.91 Å². The quantitative estimate of drug-likeness (QED) is 0.868. The highest BCUT2D eigenvalue weighted by Crippen LogP contribution is 2.17. The number of benzene rings is 1. The van der Waals surface area contributed by atoms with E-state index in [0.717, 1.165) is 38.4 Å². The number of rotatable bonds is 4. The molecular weight excluding hydrogens is 281 g/mol. The number of carbonyl (C=O) groups is 1. The first-order valence-corrected chi connectivity index (χ1v) is 7.14. The van der Waals surface area contributed by atoms with Gasteiger partial charge in [-0.2, -0.15) is 0 Å². The fourth-order valence-corrected chi connectivity index (χ4v) is 2.57. The van der Waals surface area contributed by atoms with Crippen LogP contribution in [0.4, 0.5) is 13.2 Å². The number of nitrogens with two attached hydrogens (primary N) is 1. The normalized spacial score (nSPS) is 16.9. The average molecular weight is 300 g/mol. The molecule has 1 aromatic carbocycles. The SMILES string of the molecule is N[C@@H](CC(=O)N1CCCCC1)Cc1cc(F)c(F)cc1F. The number of carbonyl (C=O) groups excluding carboxylic acids is 1. The van der Waals surface area contributed by atoms with Crippen LogP contribution in [0, 0.1) is 17.5 Å². The summed E-state index contributed by atoms with van der Waals surface area (Å²) >= 11 is 0. The number of nitrogens with zero attached hydrogens (tertiary/aromatic N) is 1. The molecule has 1 fully saturated rings. The first-order chi connectivity index (χ1) is 9.97. The van der Waals surface area contributed by atoms with Crippen molar-refractivity contribution < 1.29 is 18.0 Å². The molecule has 2 N–H and O–H groups in total. The van der Waals surface area contributed by atoms with Crippen molar-refractivity contribution in [1.29, 1.82) is 0 Å². The summed E-state index contributed by atoms with van der Waals surface area (Å²) in [6, 6.07) is 0.693. The smallest absolute Gasteiger partial charge is 0.224 e. The van der Waals surface area contributed by atoms with E-state index in [1.807, 2.05) is 0 Å². The Labute approximate surface area is 121 Å². The minimum Gasteiger partial charge on any atom is -0.343 e. The fourth-order valence-electron chi connectivity index (χ4n) is 2.57. The Kier molecular flexibility index (Phi) is 5.22. The highest BCUT2D eigenvalue weighted by molar-refractivity contribution is 5.76. The predicted molar refractivity (Wildman–Crippen MR) is 73.0 cm³/mol. The third kappa shape index (κ3) is 4.20. The average Bonchev–Trinajstić information content (AvgIpc) is 2.45. The zero-order chi connectivity index (χ0) is 15.4. The standard InChI is InChI=1S/C15H19F3N2O/c16-12-9-14(18)13(17)7-10(12)6-11(19)8-15(21)20-4-2-1-3-5-20/h7,9,11H,1-6,8,19H2/t11-/m1/s1. The van der Waals surface area contributed by atoms with Gasteiger partial charge < -0.3 is 10.6 Å². The van der Waals surface area contributed by atoms with Gasteiger partial charge >= 0.3 is 0 Å². The molecule has 1 aliphatic rings. The van der Waals surface area contributed by atoms with Gasteiger partial charge in [0.1, 0.15) is 5.82 Å². The minimum absolute atomic E-state index is 0.00259. The monoisotopic (exact) mass is 300 g/mol. The van der Waals surface area contributed by atoms with Crippen LogP contribution < -0.4 is 5.73 Å². The van der Waals surface area contributed by atoms with Crippen LogP contribution in [-0.4, -0.2) is 29.9 Å². The maximum Gasteiger partial charge on any atom is 0.224 e. The highest BCUT2D eigenvalue weighted by atomic mass is 19.2. The van der Waals surface area contributed by atoms with Crippen molar-refractivity contribution in [2.45, 2.75) is 38.1 Å². The molecule has 1 saturated heterocycles. The van der Waals surface area contributed by atoms with Gasteiger partial charge in [-0.15, -0.1) is 0 Å². The lowest BCUT2D eigenvalue weighted by atomic mass is 10.0. The Morgan fingerprint density at radius 2 is 1.71 bits per heavy atom. The van der Waals surface area contributed by atoms with E-state index in [4.69, 9.17) is 5.73 Å². The van der Waals surface area contributed by atoms with Gasteiger partial charge in [0.2, 0.25) is 5.91 Å². The van der Waals surface area contributed by atoms with Crippen LogP contribution >= 0.6 is 0 Å². The topological polar surface area (TPSA) is 46.3 Å². The zero-order valence-corrected chi connectivity index (χ0v) is 11.7. The third-order valence-corrected chi connectivity index (χ3v) is 3.72. The molecule has 3 nitrogen and oxygen atoms in total. The molecule has 0 bridgehead atoms. The number of amides is 1. The van der Waals surface area contributed by atoms with Crippen molar-refractivity contribution in [1.82, 2.24) is 4.90 Å². The maximum absolute atomic E-state index is 13.5. The summed E-state index contributed by atoms with van der Waals surface area (Å²) in [6.07, 6.45) is 3.18. The molecule has 0 radical (unpaired) electrons. The second-order valence-electron chi connectivity index (χ2n) is 5.47. The Morgan fingerprint density at radius 3 is 2.38 bits per heavy atom. The largest absolute Gasteiger partial charge is 0.343 e. The summed E-state index contributed by atoms with van der Waals surface area (Å²) in [5.74, 6) is -3.24. The summed E-state index contributed by atoms with van der Waals surface area (Å²) < 4.78 is 39.5. The van der Waals surface area contributed by atoms with Crippen molar-refractivity contribution in [3.8, 4) is 0 Å². The molecule has 0 unspecified atom stereocenters. The molecule has 6 heteroatoms. The molecular formula is C15H19F3N2O. The Hall–Kier alpha value is -1.56. The molecule has 1 amide bonds. The van der Waals surface area contributed by atoms with E-state index in [9.17, 15) is 18.0 Å². The molecule has 0 spiro atoms. The van der Waals surface area contributed by atoms with Crippen LogP contribution in [0.15, 0.2) is 12.1 Å². The molecule has 1 atom stereocenters. The van der Waals surface area contributed by atoms with Crippen LogP contribution in [-0.2, 0) is 11.2 Å². The number of halogens is 3. The molecule has 1 aromatic rings. The van der Waals surface area contributed by atoms with E-state index in [0.29, 0.717) is 6.07 Å². The molecule has 0 saturated carbocycles. The van der Waals surface area contributed by atoms with Gasteiger partial charge in [0.05, 0.1) is 0 Å². The summed E-state index contributed by atoms with van der Waals surface area (Å²) in [7, 11) is 0. The van der Waals surface area contributed by atoms with Crippen molar-refractivity contribution in [3.05, 3.63) is 35.1 Å². The van der Waals surface area contributed by atoms with E-state index in [2.05, 4.69) is 0 Å². The second-order valence-corrected chi connectivity index (χ2v) is 5.47. The van der Waals surface area contributed by atoms with Crippen LogP contribution in [0.25, 0.3) is 0 Å². The van der Waals surface area contributed by atoms with Crippen LogP contribution in [0.2, 0.25) is 0 Å². The summed E-state index contributed by atoms with van der Waals surface area (Å²) in [6.45, 7) is 1.45. The van der Waals surface area contributed by atoms with Crippen molar-refractivity contribution in [2.24, 2.45) is 5.73 Å². The molecule has 0 aliphatic carbocycles. The summed E-state index contributed by atoms with van der Waals surface area (Å²) in [5, 5.41) is 0. The van der Waals surface area contributed by atoms with Crippen LogP contribution in [0.5, 0.6) is 0 Å². The van der Waals surface area contributed by atoms with E-state index >= 15 is 0 Å². The Bertz CT molecular complexity index is 516. The minimum atomic E-state index is -1.23. The van der Waals surface area contributed by atoms with Crippen molar-refractivity contribution in [2.75, 3.05) is 13.1 Å². The van der Waals surface area contributed by atoms with Gasteiger partial charge in [0.25, 0.3) is 0 Å². The van der Waals surface area contributed by atoms with E-state index < -0.39 is 23.5 Å². The summed E-state index contributed by atoms with van der Waals surface area (Å²) in [4.78, 5) is 13.8. The van der Waals surface area contributed by atoms with E-state index in [1.165, 1.54) is 0 Å². The Morgan fingerprint density at radius 1 is 1.10 bits per heavy atom. The van der Waals surface area contributed by atoms with Gasteiger partial charge in [-0.05, 0) is 37.3 Å². The van der Waals surface area contributed by atoms with Crippen molar-refractivity contribution in [3.63, 3.8) is 0 Å². The number of piperidine rings is 1. The maximum atomic E-state index is 13.5. The molecule has 2 rings (SSSR count). The third-order valence-electron chi connectivity index (χ3n) is 3.72. The van der Waals surface area contributed by atoms with Crippen LogP contribution in [0.1, 0.15) is 31.2 Å². The van der Waals surface area contributed by atoms with Gasteiger partial charge in [0, 0.05) is 31.6 Å². The zero-order valence-electron chi connectivity index (χ0n) is 11.7. The van der Waals surface area contributed by atoms with Gasteiger partial charge in [-0.1, -0.05) is 0 Å². The first-order valence-electron chi connectivity index (χ1n) is 7.14. The van der Waals surface area contributed by atoms with Gasteiger partial charge in [0.15, 0.2) is 11.6 Å². The van der Waals surface area contributed by atoms with E-state index in [1.54, 1.807) is 4.90 Å². The van der Waals surface area contributed by atoms with Gasteiger partial charge in [-0.3, -0.25) is 4.79 Å². The first kappa shape index (κ1) is 15.8. The van der Waals surface area contributed by atoms with E-state index in [-0.39, 0.29) is 24.3 Å². The van der Waals surface area contributed by atoms with Gasteiger partial charge in [-0.25, -0.2) is 13.2 Å². The molecule has 116 valence electrons. The second kappa shape index (κ2) is 6.93.